The minimum Gasteiger partial charge on any atom is -0.374 e. The zero-order valence-electron chi connectivity index (χ0n) is 13.1. The van der Waals surface area contributed by atoms with E-state index < -0.39 is 0 Å². The maximum absolute atomic E-state index is 5.74. The number of ether oxygens (including phenoxy) is 1. The van der Waals surface area contributed by atoms with E-state index in [-0.39, 0.29) is 5.41 Å². The summed E-state index contributed by atoms with van der Waals surface area (Å²) in [7, 11) is 0. The van der Waals surface area contributed by atoms with Crippen molar-refractivity contribution in [1.82, 2.24) is 10.5 Å². The Bertz CT molecular complexity index is 535. The highest BCUT2D eigenvalue weighted by Crippen LogP contribution is 2.15. The van der Waals surface area contributed by atoms with Gasteiger partial charge in [0.2, 0.25) is 0 Å². The molecule has 0 unspecified atom stereocenters. The van der Waals surface area contributed by atoms with E-state index in [4.69, 9.17) is 9.26 Å². The zero-order chi connectivity index (χ0) is 15.1. The van der Waals surface area contributed by atoms with E-state index in [1.165, 1.54) is 5.56 Å². The van der Waals surface area contributed by atoms with Crippen LogP contribution >= 0.6 is 0 Å². The Morgan fingerprint density at radius 3 is 2.67 bits per heavy atom. The molecular weight excluding hydrogens is 264 g/mol. The van der Waals surface area contributed by atoms with E-state index in [9.17, 15) is 0 Å². The zero-order valence-corrected chi connectivity index (χ0v) is 13.1. The van der Waals surface area contributed by atoms with E-state index >= 15 is 0 Å². The number of aryl methyl sites for hydroxylation is 1. The Labute approximate surface area is 126 Å². The summed E-state index contributed by atoms with van der Waals surface area (Å²) in [5, 5.41) is 7.40. The Hall–Kier alpha value is -1.65. The number of rotatable bonds is 8. The normalized spacial score (nSPS) is 11.8. The maximum Gasteiger partial charge on any atom is 0.134 e. The molecule has 21 heavy (non-hydrogen) atoms. The van der Waals surface area contributed by atoms with Crippen LogP contribution in [0.1, 0.15) is 30.9 Å². The second-order valence-electron chi connectivity index (χ2n) is 6.18. The van der Waals surface area contributed by atoms with Gasteiger partial charge < -0.3 is 14.6 Å². The fourth-order valence-corrected chi connectivity index (χ4v) is 2.11. The number of benzene rings is 1. The summed E-state index contributed by atoms with van der Waals surface area (Å²) < 4.78 is 10.8. The van der Waals surface area contributed by atoms with Crippen LogP contribution in [-0.4, -0.2) is 18.3 Å². The highest BCUT2D eigenvalue weighted by atomic mass is 16.5. The molecule has 114 valence electrons. The second kappa shape index (κ2) is 7.38. The molecule has 2 aromatic rings. The van der Waals surface area contributed by atoms with Crippen molar-refractivity contribution in [1.29, 1.82) is 0 Å². The van der Waals surface area contributed by atoms with E-state index in [0.29, 0.717) is 13.2 Å². The van der Waals surface area contributed by atoms with Crippen molar-refractivity contribution in [2.24, 2.45) is 5.41 Å². The third kappa shape index (κ3) is 5.69. The van der Waals surface area contributed by atoms with Crippen LogP contribution in [-0.2, 0) is 17.9 Å². The molecule has 1 heterocycles. The maximum atomic E-state index is 5.74. The molecule has 0 radical (unpaired) electrons. The second-order valence-corrected chi connectivity index (χ2v) is 6.18. The van der Waals surface area contributed by atoms with Gasteiger partial charge in [0.1, 0.15) is 11.5 Å². The van der Waals surface area contributed by atoms with Crippen molar-refractivity contribution >= 4 is 0 Å². The fraction of sp³-hybridized carbons (Fsp3) is 0.471. The lowest BCUT2D eigenvalue weighted by Crippen LogP contribution is -2.33. The van der Waals surface area contributed by atoms with Gasteiger partial charge in [-0.2, -0.15) is 0 Å². The van der Waals surface area contributed by atoms with Crippen molar-refractivity contribution in [3.8, 4) is 0 Å². The summed E-state index contributed by atoms with van der Waals surface area (Å²) in [5.74, 6) is 0.817. The molecular formula is C17H24N2O2. The summed E-state index contributed by atoms with van der Waals surface area (Å²) in [6.07, 6.45) is 0. The molecule has 0 saturated heterocycles. The monoisotopic (exact) mass is 288 g/mol. The Morgan fingerprint density at radius 2 is 2.00 bits per heavy atom. The lowest BCUT2D eigenvalue weighted by Gasteiger charge is -2.24. The first kappa shape index (κ1) is 15.7. The van der Waals surface area contributed by atoms with Gasteiger partial charge in [0.05, 0.1) is 13.2 Å². The first-order chi connectivity index (χ1) is 10.1. The van der Waals surface area contributed by atoms with Gasteiger partial charge in [0.25, 0.3) is 0 Å². The van der Waals surface area contributed by atoms with Crippen molar-refractivity contribution < 1.29 is 9.26 Å². The number of aromatic nitrogens is 1. The molecule has 0 spiro atoms. The molecule has 0 fully saturated rings. The van der Waals surface area contributed by atoms with E-state index in [1.54, 1.807) is 0 Å². The van der Waals surface area contributed by atoms with Crippen molar-refractivity contribution in [3.05, 3.63) is 53.4 Å². The Kier molecular flexibility index (Phi) is 5.53. The van der Waals surface area contributed by atoms with Gasteiger partial charge in [-0.1, -0.05) is 49.3 Å². The predicted molar refractivity (Wildman–Crippen MR) is 82.8 cm³/mol. The van der Waals surface area contributed by atoms with Crippen LogP contribution < -0.4 is 5.32 Å². The first-order valence-corrected chi connectivity index (χ1v) is 7.30. The Morgan fingerprint density at radius 1 is 1.24 bits per heavy atom. The number of hydrogen-bond donors (Lipinski definition) is 1. The van der Waals surface area contributed by atoms with Crippen molar-refractivity contribution in [2.75, 3.05) is 13.2 Å². The molecule has 4 heteroatoms. The minimum absolute atomic E-state index is 0.0769. The van der Waals surface area contributed by atoms with Gasteiger partial charge in [0.15, 0.2) is 0 Å². The van der Waals surface area contributed by atoms with Crippen LogP contribution in [0.2, 0.25) is 0 Å². The SMILES string of the molecule is Cc1cc(COCC(C)(C)CNCc2ccccc2)no1. The predicted octanol–water partition coefficient (Wildman–Crippen LogP) is 3.32. The highest BCUT2D eigenvalue weighted by Gasteiger charge is 2.18. The standard InChI is InChI=1S/C17H24N2O2/c1-14-9-16(19-21-14)11-20-13-17(2,3)12-18-10-15-7-5-4-6-8-15/h4-9,18H,10-13H2,1-3H3. The molecule has 0 aliphatic rings. The molecule has 4 nitrogen and oxygen atoms in total. The highest BCUT2D eigenvalue weighted by molar-refractivity contribution is 5.14. The summed E-state index contributed by atoms with van der Waals surface area (Å²) in [4.78, 5) is 0. The lowest BCUT2D eigenvalue weighted by molar-refractivity contribution is 0.0481. The third-order valence-corrected chi connectivity index (χ3v) is 3.20. The van der Waals surface area contributed by atoms with Crippen molar-refractivity contribution in [3.63, 3.8) is 0 Å². The third-order valence-electron chi connectivity index (χ3n) is 3.20. The number of hydrogen-bond acceptors (Lipinski definition) is 4. The molecule has 1 aromatic carbocycles. The van der Waals surface area contributed by atoms with Crippen LogP contribution in [0, 0.1) is 12.3 Å². The number of nitrogens with one attached hydrogen (secondary N) is 1. The average molecular weight is 288 g/mol. The molecule has 2 rings (SSSR count). The lowest BCUT2D eigenvalue weighted by atomic mass is 9.95. The minimum atomic E-state index is 0.0769. The summed E-state index contributed by atoms with van der Waals surface area (Å²) in [6, 6.07) is 12.3. The summed E-state index contributed by atoms with van der Waals surface area (Å²) in [6.45, 7) is 9.23. The summed E-state index contributed by atoms with van der Waals surface area (Å²) in [5.41, 5.74) is 2.22. The Balaban J connectivity index is 1.66. The van der Waals surface area contributed by atoms with Crippen molar-refractivity contribution in [2.45, 2.75) is 33.9 Å². The quantitative estimate of drug-likeness (QED) is 0.809. The van der Waals surface area contributed by atoms with Gasteiger partial charge in [-0.25, -0.2) is 0 Å². The molecule has 1 N–H and O–H groups in total. The molecule has 0 saturated carbocycles. The van der Waals surface area contributed by atoms with Gasteiger partial charge in [-0.05, 0) is 12.5 Å². The van der Waals surface area contributed by atoms with E-state index in [1.807, 2.05) is 19.1 Å². The molecule has 0 aliphatic carbocycles. The van der Waals surface area contributed by atoms with Crippen LogP contribution in [0.5, 0.6) is 0 Å². The van der Waals surface area contributed by atoms with Gasteiger partial charge in [-0.3, -0.25) is 0 Å². The smallest absolute Gasteiger partial charge is 0.134 e. The number of nitrogens with zero attached hydrogens (tertiary/aromatic N) is 1. The molecule has 0 aliphatic heterocycles. The van der Waals surface area contributed by atoms with E-state index in [2.05, 4.69) is 48.6 Å². The van der Waals surface area contributed by atoms with Crippen LogP contribution in [0.4, 0.5) is 0 Å². The molecule has 0 amide bonds. The van der Waals surface area contributed by atoms with Crippen LogP contribution in [0.25, 0.3) is 0 Å². The molecule has 0 atom stereocenters. The van der Waals surface area contributed by atoms with Crippen LogP contribution in [0.3, 0.4) is 0 Å². The van der Waals surface area contributed by atoms with E-state index in [0.717, 1.165) is 24.5 Å². The largest absolute Gasteiger partial charge is 0.374 e. The van der Waals surface area contributed by atoms with Gasteiger partial charge in [-0.15, -0.1) is 0 Å². The van der Waals surface area contributed by atoms with Crippen LogP contribution in [0.15, 0.2) is 40.9 Å². The first-order valence-electron chi connectivity index (χ1n) is 7.30. The average Bonchev–Trinajstić information content (AvgIpc) is 2.85. The summed E-state index contributed by atoms with van der Waals surface area (Å²) >= 11 is 0. The van der Waals surface area contributed by atoms with Gasteiger partial charge in [0, 0.05) is 24.6 Å². The molecule has 1 aromatic heterocycles. The molecule has 0 bridgehead atoms. The van der Waals surface area contributed by atoms with Gasteiger partial charge >= 0.3 is 0 Å². The topological polar surface area (TPSA) is 47.3 Å². The fourth-order valence-electron chi connectivity index (χ4n) is 2.11.